The molecule has 1 aromatic carbocycles. The van der Waals surface area contributed by atoms with Crippen molar-refractivity contribution in [1.82, 2.24) is 10.6 Å². The van der Waals surface area contributed by atoms with Crippen molar-refractivity contribution >= 4 is 12.0 Å². The molecule has 0 aliphatic carbocycles. The third kappa shape index (κ3) is 6.92. The fraction of sp³-hybridized carbons (Fsp3) is 0.412. The van der Waals surface area contributed by atoms with Crippen LogP contribution in [0.4, 0.5) is 4.79 Å². The Hall–Kier alpha value is -2.30. The summed E-state index contributed by atoms with van der Waals surface area (Å²) in [5, 5.41) is 5.29. The molecule has 2 amide bonds. The maximum absolute atomic E-state index is 12.1. The lowest BCUT2D eigenvalue weighted by molar-refractivity contribution is -0.119. The number of rotatable bonds is 4. The Bertz CT molecular complexity index is 553. The molecule has 5 heteroatoms. The standard InChI is InChI=1S/C17H24N2O3/c1-12(2)15(19-16(21)22-17(3,4)5)18-14(20)11-13-9-7-6-8-10-13/h6-10H,11H2,1-5H3,(H,18,20)(H,19,21). The molecule has 0 atom stereocenters. The van der Waals surface area contributed by atoms with Gasteiger partial charge in [-0.25, -0.2) is 4.79 Å². The number of allylic oxidation sites excluding steroid dienone is 1. The molecule has 1 rings (SSSR count). The van der Waals surface area contributed by atoms with Crippen LogP contribution in [-0.2, 0) is 16.0 Å². The summed E-state index contributed by atoms with van der Waals surface area (Å²) in [7, 11) is 0. The molecule has 0 fully saturated rings. The molecule has 0 aliphatic rings. The number of hydrogen-bond donors (Lipinski definition) is 2. The predicted octanol–water partition coefficient (Wildman–Crippen LogP) is 3.12. The minimum absolute atomic E-state index is 0.196. The van der Waals surface area contributed by atoms with E-state index in [-0.39, 0.29) is 12.3 Å². The quantitative estimate of drug-likeness (QED) is 0.898. The van der Waals surface area contributed by atoms with E-state index < -0.39 is 11.7 Å². The molecular formula is C17H24N2O3. The van der Waals surface area contributed by atoms with Gasteiger partial charge in [0.15, 0.2) is 0 Å². The van der Waals surface area contributed by atoms with Crippen LogP contribution in [0.2, 0.25) is 0 Å². The molecule has 120 valence electrons. The highest BCUT2D eigenvalue weighted by molar-refractivity contribution is 5.81. The number of amides is 2. The minimum atomic E-state index is -0.594. The smallest absolute Gasteiger partial charge is 0.413 e. The van der Waals surface area contributed by atoms with Crippen molar-refractivity contribution in [3.8, 4) is 0 Å². The molecular weight excluding hydrogens is 280 g/mol. The summed E-state index contributed by atoms with van der Waals surface area (Å²) in [6, 6.07) is 9.41. The highest BCUT2D eigenvalue weighted by Crippen LogP contribution is 2.08. The SMILES string of the molecule is CC(C)=C(NC(=O)Cc1ccccc1)NC(=O)OC(C)(C)C. The number of hydrogen-bond acceptors (Lipinski definition) is 3. The highest BCUT2D eigenvalue weighted by atomic mass is 16.6. The summed E-state index contributed by atoms with van der Waals surface area (Å²) in [6.07, 6.45) is -0.350. The second kappa shape index (κ2) is 7.64. The van der Waals surface area contributed by atoms with Gasteiger partial charge >= 0.3 is 6.09 Å². The topological polar surface area (TPSA) is 67.4 Å². The monoisotopic (exact) mass is 304 g/mol. The first-order valence-electron chi connectivity index (χ1n) is 7.18. The van der Waals surface area contributed by atoms with Crippen LogP contribution in [0.3, 0.4) is 0 Å². The lowest BCUT2D eigenvalue weighted by atomic mass is 10.1. The molecule has 0 saturated heterocycles. The zero-order chi connectivity index (χ0) is 16.8. The normalized spacial score (nSPS) is 10.6. The molecule has 0 aliphatic heterocycles. The maximum atomic E-state index is 12.1. The van der Waals surface area contributed by atoms with E-state index in [9.17, 15) is 9.59 Å². The van der Waals surface area contributed by atoms with Gasteiger partial charge in [-0.1, -0.05) is 30.3 Å². The van der Waals surface area contributed by atoms with Crippen molar-refractivity contribution in [2.45, 2.75) is 46.6 Å². The maximum Gasteiger partial charge on any atom is 0.413 e. The van der Waals surface area contributed by atoms with Crippen molar-refractivity contribution in [3.63, 3.8) is 0 Å². The van der Waals surface area contributed by atoms with Crippen LogP contribution in [0.15, 0.2) is 41.7 Å². The molecule has 1 aromatic rings. The fourth-order valence-electron chi connectivity index (χ4n) is 1.65. The van der Waals surface area contributed by atoms with Gasteiger partial charge in [0, 0.05) is 0 Å². The first-order valence-corrected chi connectivity index (χ1v) is 7.18. The van der Waals surface area contributed by atoms with Gasteiger partial charge in [0.1, 0.15) is 11.4 Å². The van der Waals surface area contributed by atoms with Crippen LogP contribution in [0.5, 0.6) is 0 Å². The first-order chi connectivity index (χ1) is 10.2. The van der Waals surface area contributed by atoms with Crippen LogP contribution in [0.25, 0.3) is 0 Å². The van der Waals surface area contributed by atoms with Crippen molar-refractivity contribution in [1.29, 1.82) is 0 Å². The van der Waals surface area contributed by atoms with Gasteiger partial charge in [-0.15, -0.1) is 0 Å². The Morgan fingerprint density at radius 1 is 1.05 bits per heavy atom. The van der Waals surface area contributed by atoms with Crippen LogP contribution < -0.4 is 10.6 Å². The van der Waals surface area contributed by atoms with Crippen molar-refractivity contribution in [2.75, 3.05) is 0 Å². The zero-order valence-corrected chi connectivity index (χ0v) is 13.8. The number of carbonyl (C=O) groups excluding carboxylic acids is 2. The summed E-state index contributed by atoms with van der Waals surface area (Å²) in [5.41, 5.74) is 1.10. The number of alkyl carbamates (subject to hydrolysis) is 1. The molecule has 0 spiro atoms. The largest absolute Gasteiger partial charge is 0.444 e. The van der Waals surface area contributed by atoms with Gasteiger partial charge in [0.25, 0.3) is 0 Å². The van der Waals surface area contributed by atoms with E-state index >= 15 is 0 Å². The van der Waals surface area contributed by atoms with E-state index in [2.05, 4.69) is 10.6 Å². The van der Waals surface area contributed by atoms with E-state index in [1.807, 2.05) is 30.3 Å². The number of nitrogens with one attached hydrogen (secondary N) is 2. The highest BCUT2D eigenvalue weighted by Gasteiger charge is 2.18. The van der Waals surface area contributed by atoms with E-state index in [4.69, 9.17) is 4.74 Å². The molecule has 0 unspecified atom stereocenters. The summed E-state index contributed by atoms with van der Waals surface area (Å²) in [5.74, 6) is 0.161. The minimum Gasteiger partial charge on any atom is -0.444 e. The second-order valence-electron chi connectivity index (χ2n) is 6.21. The van der Waals surface area contributed by atoms with Gasteiger partial charge in [-0.3, -0.25) is 10.1 Å². The third-order valence-corrected chi connectivity index (χ3v) is 2.60. The second-order valence-corrected chi connectivity index (χ2v) is 6.21. The first kappa shape index (κ1) is 17.8. The summed E-state index contributed by atoms with van der Waals surface area (Å²) < 4.78 is 5.18. The third-order valence-electron chi connectivity index (χ3n) is 2.60. The van der Waals surface area contributed by atoms with E-state index in [0.717, 1.165) is 11.1 Å². The Kier molecular flexibility index (Phi) is 6.16. The fourth-order valence-corrected chi connectivity index (χ4v) is 1.65. The summed E-state index contributed by atoms with van der Waals surface area (Å²) in [6.45, 7) is 8.94. The Labute approximate surface area is 131 Å². The molecule has 0 heterocycles. The van der Waals surface area contributed by atoms with E-state index in [1.54, 1.807) is 34.6 Å². The average Bonchev–Trinajstić information content (AvgIpc) is 2.36. The van der Waals surface area contributed by atoms with Crippen LogP contribution in [0.1, 0.15) is 40.2 Å². The molecule has 5 nitrogen and oxygen atoms in total. The molecule has 2 N–H and O–H groups in total. The Balaban J connectivity index is 2.64. The van der Waals surface area contributed by atoms with Crippen molar-refractivity contribution in [3.05, 3.63) is 47.3 Å². The molecule has 0 bridgehead atoms. The van der Waals surface area contributed by atoms with Gasteiger partial charge in [0.2, 0.25) is 5.91 Å². The molecule has 0 saturated carbocycles. The Morgan fingerprint density at radius 3 is 2.14 bits per heavy atom. The van der Waals surface area contributed by atoms with Crippen LogP contribution >= 0.6 is 0 Å². The lowest BCUT2D eigenvalue weighted by Gasteiger charge is -2.21. The number of benzene rings is 1. The van der Waals surface area contributed by atoms with E-state index in [0.29, 0.717) is 5.82 Å². The van der Waals surface area contributed by atoms with E-state index in [1.165, 1.54) is 0 Å². The van der Waals surface area contributed by atoms with Gasteiger partial charge in [-0.2, -0.15) is 0 Å². The lowest BCUT2D eigenvalue weighted by Crippen LogP contribution is -2.39. The number of ether oxygens (including phenoxy) is 1. The number of carbonyl (C=O) groups is 2. The molecule has 22 heavy (non-hydrogen) atoms. The summed E-state index contributed by atoms with van der Waals surface area (Å²) >= 11 is 0. The average molecular weight is 304 g/mol. The Morgan fingerprint density at radius 2 is 1.64 bits per heavy atom. The van der Waals surface area contributed by atoms with Crippen molar-refractivity contribution in [2.24, 2.45) is 0 Å². The van der Waals surface area contributed by atoms with Gasteiger partial charge in [0.05, 0.1) is 6.42 Å². The summed E-state index contributed by atoms with van der Waals surface area (Å²) in [4.78, 5) is 23.9. The van der Waals surface area contributed by atoms with Crippen molar-refractivity contribution < 1.29 is 14.3 Å². The molecule has 0 aromatic heterocycles. The zero-order valence-electron chi connectivity index (χ0n) is 13.8. The predicted molar refractivity (Wildman–Crippen MR) is 86.0 cm³/mol. The van der Waals surface area contributed by atoms with Gasteiger partial charge in [-0.05, 0) is 45.8 Å². The van der Waals surface area contributed by atoms with Crippen LogP contribution in [-0.4, -0.2) is 17.6 Å². The molecule has 0 radical (unpaired) electrons. The van der Waals surface area contributed by atoms with Gasteiger partial charge < -0.3 is 10.1 Å². The van der Waals surface area contributed by atoms with Crippen LogP contribution in [0, 0.1) is 0 Å².